The van der Waals surface area contributed by atoms with Gasteiger partial charge in [-0.1, -0.05) is 17.3 Å². The van der Waals surface area contributed by atoms with Crippen LogP contribution in [0.2, 0.25) is 0 Å². The van der Waals surface area contributed by atoms with E-state index in [1.165, 1.54) is 0 Å². The van der Waals surface area contributed by atoms with Crippen molar-refractivity contribution in [2.75, 3.05) is 6.54 Å². The molecule has 18 heavy (non-hydrogen) atoms. The Morgan fingerprint density at radius 1 is 1.44 bits per heavy atom. The molecule has 1 heterocycles. The number of phenols is 1. The predicted octanol–water partition coefficient (Wildman–Crippen LogP) is 1.64. The normalized spacial score (nSPS) is 12.6. The van der Waals surface area contributed by atoms with Gasteiger partial charge in [0.1, 0.15) is 5.75 Å². The van der Waals surface area contributed by atoms with E-state index < -0.39 is 0 Å². The number of aromatic hydroxyl groups is 1. The first-order chi connectivity index (χ1) is 8.66. The van der Waals surface area contributed by atoms with Crippen LogP contribution >= 0.6 is 0 Å². The van der Waals surface area contributed by atoms with Crippen LogP contribution in [0.1, 0.15) is 24.1 Å². The van der Waals surface area contributed by atoms with Crippen molar-refractivity contribution in [3.8, 4) is 5.75 Å². The van der Waals surface area contributed by atoms with Gasteiger partial charge in [0.05, 0.1) is 12.7 Å². The van der Waals surface area contributed by atoms with Crippen LogP contribution in [-0.2, 0) is 6.54 Å². The van der Waals surface area contributed by atoms with Gasteiger partial charge in [0.15, 0.2) is 0 Å². The lowest BCUT2D eigenvalue weighted by molar-refractivity contribution is 0.445. The molecule has 5 heteroatoms. The molecule has 0 aliphatic rings. The van der Waals surface area contributed by atoms with Crippen molar-refractivity contribution in [2.24, 2.45) is 0 Å². The van der Waals surface area contributed by atoms with Crippen LogP contribution in [-0.4, -0.2) is 26.6 Å². The summed E-state index contributed by atoms with van der Waals surface area (Å²) in [5, 5.41) is 20.9. The zero-order valence-electron chi connectivity index (χ0n) is 10.7. The van der Waals surface area contributed by atoms with Gasteiger partial charge in [-0.2, -0.15) is 0 Å². The predicted molar refractivity (Wildman–Crippen MR) is 69.3 cm³/mol. The van der Waals surface area contributed by atoms with E-state index in [1.807, 2.05) is 32.2 Å². The van der Waals surface area contributed by atoms with Crippen molar-refractivity contribution in [1.82, 2.24) is 20.3 Å². The molecule has 0 fully saturated rings. The van der Waals surface area contributed by atoms with Crippen LogP contribution in [0.15, 0.2) is 30.6 Å². The van der Waals surface area contributed by atoms with Crippen molar-refractivity contribution in [1.29, 1.82) is 0 Å². The van der Waals surface area contributed by atoms with Crippen LogP contribution in [0.4, 0.5) is 0 Å². The Morgan fingerprint density at radius 2 is 2.28 bits per heavy atom. The fraction of sp³-hybridized carbons (Fsp3) is 0.385. The molecule has 0 aliphatic carbocycles. The minimum absolute atomic E-state index is 0.106. The van der Waals surface area contributed by atoms with Gasteiger partial charge in [0, 0.05) is 24.3 Å². The van der Waals surface area contributed by atoms with E-state index in [1.54, 1.807) is 16.9 Å². The van der Waals surface area contributed by atoms with Crippen molar-refractivity contribution >= 4 is 0 Å². The van der Waals surface area contributed by atoms with Gasteiger partial charge in [-0.3, -0.25) is 4.68 Å². The molecular weight excluding hydrogens is 228 g/mol. The van der Waals surface area contributed by atoms with E-state index >= 15 is 0 Å². The second-order valence-electron chi connectivity index (χ2n) is 4.40. The van der Waals surface area contributed by atoms with E-state index in [0.29, 0.717) is 5.75 Å². The van der Waals surface area contributed by atoms with Crippen LogP contribution in [0.3, 0.4) is 0 Å². The van der Waals surface area contributed by atoms with Gasteiger partial charge in [-0.15, -0.1) is 5.10 Å². The highest BCUT2D eigenvalue weighted by Crippen LogP contribution is 2.24. The molecule has 1 atom stereocenters. The molecule has 5 nitrogen and oxygen atoms in total. The number of benzene rings is 1. The molecular formula is C13H18N4O. The Labute approximate surface area is 106 Å². The molecule has 0 amide bonds. The Hall–Kier alpha value is -1.88. The largest absolute Gasteiger partial charge is 0.508 e. The number of aryl methyl sites for hydroxylation is 1. The van der Waals surface area contributed by atoms with Gasteiger partial charge >= 0.3 is 0 Å². The molecule has 1 unspecified atom stereocenters. The summed E-state index contributed by atoms with van der Waals surface area (Å²) in [5.41, 5.74) is 1.98. The monoisotopic (exact) mass is 246 g/mol. The fourth-order valence-corrected chi connectivity index (χ4v) is 1.88. The Kier molecular flexibility index (Phi) is 3.94. The summed E-state index contributed by atoms with van der Waals surface area (Å²) in [4.78, 5) is 0. The summed E-state index contributed by atoms with van der Waals surface area (Å²) >= 11 is 0. The van der Waals surface area contributed by atoms with Gasteiger partial charge in [0.2, 0.25) is 0 Å². The lowest BCUT2D eigenvalue weighted by Crippen LogP contribution is -2.23. The number of nitrogens with zero attached hydrogens (tertiary/aromatic N) is 3. The summed E-state index contributed by atoms with van der Waals surface area (Å²) in [5.74, 6) is 0.343. The van der Waals surface area contributed by atoms with E-state index in [0.717, 1.165) is 24.2 Å². The number of phenolic OH excluding ortho intramolecular Hbond substituents is 1. The highest BCUT2D eigenvalue weighted by atomic mass is 16.3. The SMILES string of the molecule is Cc1ccc(C(C)NCCn2ccnn2)c(O)c1. The molecule has 0 spiro atoms. The highest BCUT2D eigenvalue weighted by molar-refractivity contribution is 5.37. The van der Waals surface area contributed by atoms with Crippen LogP contribution in [0, 0.1) is 6.92 Å². The zero-order chi connectivity index (χ0) is 13.0. The van der Waals surface area contributed by atoms with Gasteiger partial charge in [-0.25, -0.2) is 0 Å². The second kappa shape index (κ2) is 5.64. The number of rotatable bonds is 5. The van der Waals surface area contributed by atoms with Gasteiger partial charge in [-0.05, 0) is 25.5 Å². The molecule has 2 aromatic rings. The molecule has 2 N–H and O–H groups in total. The van der Waals surface area contributed by atoms with Crippen LogP contribution < -0.4 is 5.32 Å². The Balaban J connectivity index is 1.89. The first kappa shape index (κ1) is 12.6. The number of hydrogen-bond donors (Lipinski definition) is 2. The highest BCUT2D eigenvalue weighted by Gasteiger charge is 2.09. The molecule has 0 saturated heterocycles. The van der Waals surface area contributed by atoms with Crippen molar-refractivity contribution in [2.45, 2.75) is 26.4 Å². The van der Waals surface area contributed by atoms with Gasteiger partial charge in [0.25, 0.3) is 0 Å². The lowest BCUT2D eigenvalue weighted by Gasteiger charge is -2.15. The summed E-state index contributed by atoms with van der Waals surface area (Å²) in [6, 6.07) is 5.85. The van der Waals surface area contributed by atoms with Crippen LogP contribution in [0.25, 0.3) is 0 Å². The number of hydrogen-bond acceptors (Lipinski definition) is 4. The van der Waals surface area contributed by atoms with Crippen LogP contribution in [0.5, 0.6) is 5.75 Å². The zero-order valence-corrected chi connectivity index (χ0v) is 10.7. The van der Waals surface area contributed by atoms with Crippen molar-refractivity contribution in [3.63, 3.8) is 0 Å². The average molecular weight is 246 g/mol. The van der Waals surface area contributed by atoms with Crippen molar-refractivity contribution < 1.29 is 5.11 Å². The minimum Gasteiger partial charge on any atom is -0.508 e. The maximum Gasteiger partial charge on any atom is 0.120 e. The second-order valence-corrected chi connectivity index (χ2v) is 4.40. The molecule has 1 aromatic heterocycles. The first-order valence-corrected chi connectivity index (χ1v) is 6.04. The summed E-state index contributed by atoms with van der Waals surface area (Å²) in [7, 11) is 0. The maximum absolute atomic E-state index is 9.88. The van der Waals surface area contributed by atoms with E-state index in [9.17, 15) is 5.11 Å². The lowest BCUT2D eigenvalue weighted by atomic mass is 10.1. The molecule has 96 valence electrons. The third-order valence-electron chi connectivity index (χ3n) is 2.92. The third-order valence-corrected chi connectivity index (χ3v) is 2.92. The summed E-state index contributed by atoms with van der Waals surface area (Å²) in [6.07, 6.45) is 3.49. The van der Waals surface area contributed by atoms with Crippen molar-refractivity contribution in [3.05, 3.63) is 41.7 Å². The molecule has 0 aliphatic heterocycles. The van der Waals surface area contributed by atoms with Gasteiger partial charge < -0.3 is 10.4 Å². The maximum atomic E-state index is 9.88. The number of nitrogens with one attached hydrogen (secondary N) is 1. The third kappa shape index (κ3) is 3.07. The smallest absolute Gasteiger partial charge is 0.120 e. The minimum atomic E-state index is 0.106. The van der Waals surface area contributed by atoms with E-state index in [-0.39, 0.29) is 6.04 Å². The first-order valence-electron chi connectivity index (χ1n) is 6.04. The molecule has 2 rings (SSSR count). The quantitative estimate of drug-likeness (QED) is 0.842. The summed E-state index contributed by atoms with van der Waals surface area (Å²) in [6.45, 7) is 5.53. The van der Waals surface area contributed by atoms with E-state index in [4.69, 9.17) is 0 Å². The molecule has 0 bridgehead atoms. The molecule has 0 saturated carbocycles. The number of aromatic nitrogens is 3. The topological polar surface area (TPSA) is 63.0 Å². The molecule has 0 radical (unpaired) electrons. The Morgan fingerprint density at radius 3 is 2.94 bits per heavy atom. The standard InChI is InChI=1S/C13H18N4O/c1-10-3-4-12(13(18)9-10)11(2)14-5-7-17-8-6-15-16-17/h3-4,6,8-9,11,14,18H,5,7H2,1-2H3. The van der Waals surface area contributed by atoms with E-state index in [2.05, 4.69) is 15.6 Å². The molecule has 1 aromatic carbocycles. The summed E-state index contributed by atoms with van der Waals surface area (Å²) < 4.78 is 1.77. The fourth-order valence-electron chi connectivity index (χ4n) is 1.88. The average Bonchev–Trinajstić information content (AvgIpc) is 2.81. The Bertz CT molecular complexity index is 496.